The molecule has 17 heavy (non-hydrogen) atoms. The van der Waals surface area contributed by atoms with Crippen LogP contribution in [0.5, 0.6) is 5.75 Å². The fourth-order valence-corrected chi connectivity index (χ4v) is 1.54. The smallest absolute Gasteiger partial charge is 0.120 e. The molecule has 0 radical (unpaired) electrons. The number of nitrogens with zero attached hydrogens (tertiary/aromatic N) is 1. The number of likely N-dealkylation sites (N-methyl/N-ethyl adjacent to an activating group) is 1. The van der Waals surface area contributed by atoms with E-state index in [1.807, 2.05) is 26.0 Å². The van der Waals surface area contributed by atoms with E-state index in [9.17, 15) is 0 Å². The van der Waals surface area contributed by atoms with E-state index in [0.717, 1.165) is 25.4 Å². The standard InChI is InChI=1S/C14H24N2O/c1-12(2)17-14-7-5-6-13(10-14)11-15-8-9-16(3)4/h5-7,10,12,15H,8-9,11H2,1-4H3. The van der Waals surface area contributed by atoms with E-state index in [1.54, 1.807) is 0 Å². The molecular formula is C14H24N2O. The molecule has 1 N–H and O–H groups in total. The molecule has 0 spiro atoms. The zero-order valence-electron chi connectivity index (χ0n) is 11.4. The minimum atomic E-state index is 0.229. The molecule has 1 aromatic carbocycles. The number of benzene rings is 1. The topological polar surface area (TPSA) is 24.5 Å². The maximum absolute atomic E-state index is 5.66. The molecule has 0 fully saturated rings. The van der Waals surface area contributed by atoms with Gasteiger partial charge in [0.25, 0.3) is 0 Å². The van der Waals surface area contributed by atoms with E-state index >= 15 is 0 Å². The lowest BCUT2D eigenvalue weighted by Gasteiger charge is -2.12. The van der Waals surface area contributed by atoms with Gasteiger partial charge in [-0.05, 0) is 45.6 Å². The Balaban J connectivity index is 2.37. The number of ether oxygens (including phenoxy) is 1. The third-order valence-electron chi connectivity index (χ3n) is 2.34. The summed E-state index contributed by atoms with van der Waals surface area (Å²) < 4.78 is 5.66. The average molecular weight is 236 g/mol. The molecule has 0 saturated carbocycles. The van der Waals surface area contributed by atoms with Gasteiger partial charge in [0.15, 0.2) is 0 Å². The molecule has 0 bridgehead atoms. The average Bonchev–Trinajstić information content (AvgIpc) is 2.24. The summed E-state index contributed by atoms with van der Waals surface area (Å²) in [5, 5.41) is 3.42. The lowest BCUT2D eigenvalue weighted by atomic mass is 10.2. The Morgan fingerprint density at radius 2 is 2.06 bits per heavy atom. The van der Waals surface area contributed by atoms with Gasteiger partial charge in [0, 0.05) is 19.6 Å². The molecule has 0 unspecified atom stereocenters. The van der Waals surface area contributed by atoms with Crippen LogP contribution in [0.15, 0.2) is 24.3 Å². The van der Waals surface area contributed by atoms with Gasteiger partial charge >= 0.3 is 0 Å². The van der Waals surface area contributed by atoms with Crippen molar-refractivity contribution in [3.63, 3.8) is 0 Å². The summed E-state index contributed by atoms with van der Waals surface area (Å²) in [6.45, 7) is 7.04. The van der Waals surface area contributed by atoms with Gasteiger partial charge in [-0.3, -0.25) is 0 Å². The molecule has 3 nitrogen and oxygen atoms in total. The minimum absolute atomic E-state index is 0.229. The van der Waals surface area contributed by atoms with Crippen molar-refractivity contribution in [2.24, 2.45) is 0 Å². The SMILES string of the molecule is CC(C)Oc1cccc(CNCCN(C)C)c1. The molecule has 0 saturated heterocycles. The van der Waals surface area contributed by atoms with Crippen LogP contribution in [0.3, 0.4) is 0 Å². The summed E-state index contributed by atoms with van der Waals surface area (Å²) in [7, 11) is 4.16. The van der Waals surface area contributed by atoms with Crippen molar-refractivity contribution in [3.05, 3.63) is 29.8 Å². The summed E-state index contributed by atoms with van der Waals surface area (Å²) in [6.07, 6.45) is 0.229. The largest absolute Gasteiger partial charge is 0.491 e. The van der Waals surface area contributed by atoms with E-state index < -0.39 is 0 Å². The van der Waals surface area contributed by atoms with Crippen molar-refractivity contribution in [3.8, 4) is 5.75 Å². The van der Waals surface area contributed by atoms with Crippen molar-refractivity contribution in [1.29, 1.82) is 0 Å². The van der Waals surface area contributed by atoms with E-state index in [-0.39, 0.29) is 6.10 Å². The second-order valence-electron chi connectivity index (χ2n) is 4.79. The molecule has 0 amide bonds. The Labute approximate surface area is 105 Å². The Hall–Kier alpha value is -1.06. The summed E-state index contributed by atoms with van der Waals surface area (Å²) in [5.41, 5.74) is 1.27. The minimum Gasteiger partial charge on any atom is -0.491 e. The Morgan fingerprint density at radius 3 is 2.71 bits per heavy atom. The molecule has 0 heterocycles. The normalized spacial score (nSPS) is 11.2. The van der Waals surface area contributed by atoms with Crippen molar-refractivity contribution in [2.45, 2.75) is 26.5 Å². The lowest BCUT2D eigenvalue weighted by molar-refractivity contribution is 0.242. The first-order chi connectivity index (χ1) is 8.08. The number of hydrogen-bond acceptors (Lipinski definition) is 3. The first-order valence-electron chi connectivity index (χ1n) is 6.19. The zero-order chi connectivity index (χ0) is 12.7. The number of nitrogens with one attached hydrogen (secondary N) is 1. The second-order valence-corrected chi connectivity index (χ2v) is 4.79. The van der Waals surface area contributed by atoms with E-state index in [2.05, 4.69) is 36.4 Å². The Morgan fingerprint density at radius 1 is 1.29 bits per heavy atom. The molecular weight excluding hydrogens is 212 g/mol. The van der Waals surface area contributed by atoms with Crippen molar-refractivity contribution in [1.82, 2.24) is 10.2 Å². The fourth-order valence-electron chi connectivity index (χ4n) is 1.54. The molecule has 3 heteroatoms. The van der Waals surface area contributed by atoms with Crippen LogP contribution in [-0.2, 0) is 6.54 Å². The lowest BCUT2D eigenvalue weighted by Crippen LogP contribution is -2.26. The summed E-state index contributed by atoms with van der Waals surface area (Å²) in [4.78, 5) is 2.17. The van der Waals surface area contributed by atoms with Gasteiger partial charge in [-0.2, -0.15) is 0 Å². The van der Waals surface area contributed by atoms with Gasteiger partial charge in [0.05, 0.1) is 6.10 Å². The van der Waals surface area contributed by atoms with E-state index in [1.165, 1.54) is 5.56 Å². The molecule has 96 valence electrons. The zero-order valence-corrected chi connectivity index (χ0v) is 11.4. The van der Waals surface area contributed by atoms with Gasteiger partial charge in [-0.1, -0.05) is 12.1 Å². The van der Waals surface area contributed by atoms with E-state index in [0.29, 0.717) is 0 Å². The monoisotopic (exact) mass is 236 g/mol. The Bertz CT molecular complexity index is 324. The third-order valence-corrected chi connectivity index (χ3v) is 2.34. The molecule has 1 rings (SSSR count). The van der Waals surface area contributed by atoms with E-state index in [4.69, 9.17) is 4.74 Å². The van der Waals surface area contributed by atoms with Crippen LogP contribution in [0.25, 0.3) is 0 Å². The van der Waals surface area contributed by atoms with Crippen LogP contribution in [0.2, 0.25) is 0 Å². The van der Waals surface area contributed by atoms with Gasteiger partial charge in [-0.25, -0.2) is 0 Å². The highest BCUT2D eigenvalue weighted by atomic mass is 16.5. The van der Waals surface area contributed by atoms with Gasteiger partial charge in [0.1, 0.15) is 5.75 Å². The number of rotatable bonds is 7. The number of hydrogen-bond donors (Lipinski definition) is 1. The van der Waals surface area contributed by atoms with Crippen LogP contribution in [0.4, 0.5) is 0 Å². The van der Waals surface area contributed by atoms with Crippen LogP contribution in [0, 0.1) is 0 Å². The maximum atomic E-state index is 5.66. The summed E-state index contributed by atoms with van der Waals surface area (Å²) in [5.74, 6) is 0.951. The first-order valence-corrected chi connectivity index (χ1v) is 6.19. The van der Waals surface area contributed by atoms with Crippen molar-refractivity contribution >= 4 is 0 Å². The van der Waals surface area contributed by atoms with Crippen LogP contribution < -0.4 is 10.1 Å². The maximum Gasteiger partial charge on any atom is 0.120 e. The highest BCUT2D eigenvalue weighted by molar-refractivity contribution is 5.28. The molecule has 0 atom stereocenters. The van der Waals surface area contributed by atoms with Crippen molar-refractivity contribution < 1.29 is 4.74 Å². The highest BCUT2D eigenvalue weighted by Gasteiger charge is 1.99. The highest BCUT2D eigenvalue weighted by Crippen LogP contribution is 2.14. The Kier molecular flexibility index (Phi) is 6.01. The third kappa shape index (κ3) is 6.29. The van der Waals surface area contributed by atoms with Crippen LogP contribution in [0.1, 0.15) is 19.4 Å². The molecule has 1 aromatic rings. The second kappa shape index (κ2) is 7.30. The fraction of sp³-hybridized carbons (Fsp3) is 0.571. The molecule has 0 aliphatic rings. The van der Waals surface area contributed by atoms with Gasteiger partial charge < -0.3 is 15.0 Å². The molecule has 0 aliphatic heterocycles. The molecule has 0 aromatic heterocycles. The van der Waals surface area contributed by atoms with Crippen molar-refractivity contribution in [2.75, 3.05) is 27.2 Å². The van der Waals surface area contributed by atoms with Crippen LogP contribution in [-0.4, -0.2) is 38.2 Å². The first kappa shape index (κ1) is 14.0. The summed E-state index contributed by atoms with van der Waals surface area (Å²) >= 11 is 0. The predicted octanol–water partition coefficient (Wildman–Crippen LogP) is 2.12. The summed E-state index contributed by atoms with van der Waals surface area (Å²) in [6, 6.07) is 8.27. The van der Waals surface area contributed by atoms with Gasteiger partial charge in [0.2, 0.25) is 0 Å². The van der Waals surface area contributed by atoms with Crippen LogP contribution >= 0.6 is 0 Å². The molecule has 0 aliphatic carbocycles. The predicted molar refractivity (Wildman–Crippen MR) is 72.5 cm³/mol. The van der Waals surface area contributed by atoms with Gasteiger partial charge in [-0.15, -0.1) is 0 Å². The quantitative estimate of drug-likeness (QED) is 0.734.